The molecule has 0 aromatic heterocycles. The molecule has 0 saturated carbocycles. The van der Waals surface area contributed by atoms with Crippen LogP contribution in [0.4, 0.5) is 0 Å². The van der Waals surface area contributed by atoms with Crippen molar-refractivity contribution in [1.29, 1.82) is 0 Å². The molecule has 1 fully saturated rings. The van der Waals surface area contributed by atoms with Gasteiger partial charge in [-0.3, -0.25) is 4.18 Å². The Morgan fingerprint density at radius 1 is 1.17 bits per heavy atom. The Balaban J connectivity index is 2.28. The summed E-state index contributed by atoms with van der Waals surface area (Å²) in [6.07, 6.45) is 5.19. The van der Waals surface area contributed by atoms with Gasteiger partial charge in [0.15, 0.2) is 9.84 Å². The monoisotopic (exact) mass is 298 g/mol. The fraction of sp³-hybridized carbons (Fsp3) is 1.00. The van der Waals surface area contributed by atoms with Crippen molar-refractivity contribution < 1.29 is 21.0 Å². The minimum absolute atomic E-state index is 0.0449. The van der Waals surface area contributed by atoms with Crippen LogP contribution in [0.2, 0.25) is 0 Å². The van der Waals surface area contributed by atoms with E-state index in [0.29, 0.717) is 6.42 Å². The lowest BCUT2D eigenvalue weighted by Crippen LogP contribution is -2.25. The molecule has 7 heteroatoms. The molecule has 0 aromatic rings. The van der Waals surface area contributed by atoms with E-state index in [2.05, 4.69) is 6.92 Å². The maximum Gasteiger partial charge on any atom is 0.271 e. The van der Waals surface area contributed by atoms with Crippen molar-refractivity contribution in [2.24, 2.45) is 0 Å². The largest absolute Gasteiger partial charge is 0.271 e. The zero-order chi connectivity index (χ0) is 13.6. The van der Waals surface area contributed by atoms with Crippen molar-refractivity contribution >= 4 is 20.0 Å². The zero-order valence-electron chi connectivity index (χ0n) is 10.8. The molecule has 1 atom stereocenters. The van der Waals surface area contributed by atoms with Crippen LogP contribution in [0.25, 0.3) is 0 Å². The van der Waals surface area contributed by atoms with Crippen molar-refractivity contribution in [3.8, 4) is 0 Å². The van der Waals surface area contributed by atoms with Gasteiger partial charge in [0.25, 0.3) is 10.1 Å². The summed E-state index contributed by atoms with van der Waals surface area (Å²) in [5, 5.41) is -0.863. The highest BCUT2D eigenvalue weighted by molar-refractivity contribution is 7.94. The van der Waals surface area contributed by atoms with Gasteiger partial charge in [-0.05, 0) is 12.8 Å². The lowest BCUT2D eigenvalue weighted by Gasteiger charge is -2.09. The average Bonchev–Trinajstić information content (AvgIpc) is 2.65. The second-order valence-corrected chi connectivity index (χ2v) is 8.87. The van der Waals surface area contributed by atoms with Gasteiger partial charge >= 0.3 is 0 Å². The molecule has 5 nitrogen and oxygen atoms in total. The van der Waals surface area contributed by atoms with E-state index < -0.39 is 25.2 Å². The maximum absolute atomic E-state index is 11.7. The van der Waals surface area contributed by atoms with Gasteiger partial charge in [-0.15, -0.1) is 0 Å². The van der Waals surface area contributed by atoms with Crippen LogP contribution in [-0.2, 0) is 24.1 Å². The SMILES string of the molecule is CCCCCCCOS(=O)(=O)[C@H]1CCS(=O)(=O)C1. The van der Waals surface area contributed by atoms with Crippen LogP contribution in [0.3, 0.4) is 0 Å². The first-order valence-corrected chi connectivity index (χ1v) is 9.75. The molecule has 1 aliphatic rings. The van der Waals surface area contributed by atoms with Crippen LogP contribution < -0.4 is 0 Å². The predicted octanol–water partition coefficient (Wildman–Crippen LogP) is 1.49. The van der Waals surface area contributed by atoms with Gasteiger partial charge in [0.05, 0.1) is 18.1 Å². The molecule has 0 aromatic carbocycles. The second kappa shape index (κ2) is 6.86. The molecule has 0 spiro atoms. The molecule has 0 bridgehead atoms. The topological polar surface area (TPSA) is 77.5 Å². The van der Waals surface area contributed by atoms with Crippen LogP contribution in [0.15, 0.2) is 0 Å². The fourth-order valence-corrected chi connectivity index (χ4v) is 5.90. The van der Waals surface area contributed by atoms with Gasteiger partial charge in [0, 0.05) is 0 Å². The molecule has 1 rings (SSSR count). The van der Waals surface area contributed by atoms with Crippen molar-refractivity contribution in [3.05, 3.63) is 0 Å². The Kier molecular flexibility index (Phi) is 6.07. The van der Waals surface area contributed by atoms with Crippen LogP contribution >= 0.6 is 0 Å². The van der Waals surface area contributed by atoms with E-state index in [9.17, 15) is 16.8 Å². The highest BCUT2D eigenvalue weighted by Crippen LogP contribution is 2.20. The minimum Gasteiger partial charge on any atom is -0.270 e. The van der Waals surface area contributed by atoms with Gasteiger partial charge in [-0.1, -0.05) is 32.6 Å². The van der Waals surface area contributed by atoms with Crippen LogP contribution in [-0.4, -0.2) is 40.2 Å². The number of rotatable bonds is 8. The van der Waals surface area contributed by atoms with Gasteiger partial charge in [-0.2, -0.15) is 8.42 Å². The zero-order valence-corrected chi connectivity index (χ0v) is 12.4. The molecule has 18 heavy (non-hydrogen) atoms. The third kappa shape index (κ3) is 5.24. The molecule has 1 saturated heterocycles. The molecule has 0 radical (unpaired) electrons. The van der Waals surface area contributed by atoms with Crippen LogP contribution in [0, 0.1) is 0 Å². The predicted molar refractivity (Wildman–Crippen MR) is 70.7 cm³/mol. The van der Waals surface area contributed by atoms with E-state index in [0.717, 1.165) is 25.7 Å². The summed E-state index contributed by atoms with van der Waals surface area (Å²) in [6, 6.07) is 0. The number of sulfone groups is 1. The summed E-state index contributed by atoms with van der Waals surface area (Å²) in [5.41, 5.74) is 0. The smallest absolute Gasteiger partial charge is 0.270 e. The Labute approximate surface area is 110 Å². The van der Waals surface area contributed by atoms with E-state index in [4.69, 9.17) is 4.18 Å². The van der Waals surface area contributed by atoms with E-state index in [1.54, 1.807) is 0 Å². The number of hydrogen-bond donors (Lipinski definition) is 0. The Hall–Kier alpha value is -0.140. The first-order valence-electron chi connectivity index (χ1n) is 6.46. The van der Waals surface area contributed by atoms with Crippen LogP contribution in [0.1, 0.15) is 45.4 Å². The third-order valence-electron chi connectivity index (χ3n) is 3.09. The van der Waals surface area contributed by atoms with Crippen molar-refractivity contribution in [2.45, 2.75) is 50.7 Å². The molecule has 108 valence electrons. The van der Waals surface area contributed by atoms with Crippen LogP contribution in [0.5, 0.6) is 0 Å². The summed E-state index contributed by atoms with van der Waals surface area (Å²) in [6.45, 7) is 2.28. The van der Waals surface area contributed by atoms with E-state index >= 15 is 0 Å². The molecule has 0 unspecified atom stereocenters. The van der Waals surface area contributed by atoms with Crippen molar-refractivity contribution in [2.75, 3.05) is 18.1 Å². The van der Waals surface area contributed by atoms with Gasteiger partial charge in [0.1, 0.15) is 5.25 Å². The van der Waals surface area contributed by atoms with E-state index in [1.165, 1.54) is 0 Å². The van der Waals surface area contributed by atoms with E-state index in [-0.39, 0.29) is 24.5 Å². The van der Waals surface area contributed by atoms with Crippen molar-refractivity contribution in [1.82, 2.24) is 0 Å². The van der Waals surface area contributed by atoms with Crippen molar-refractivity contribution in [3.63, 3.8) is 0 Å². The molecule has 1 heterocycles. The third-order valence-corrected chi connectivity index (χ3v) is 6.79. The first kappa shape index (κ1) is 15.9. The summed E-state index contributed by atoms with van der Waals surface area (Å²) in [5.74, 6) is -0.331. The molecule has 0 aliphatic carbocycles. The maximum atomic E-state index is 11.7. The van der Waals surface area contributed by atoms with Gasteiger partial charge in [-0.25, -0.2) is 8.42 Å². The molecular formula is C11H22O5S2. The van der Waals surface area contributed by atoms with E-state index in [1.807, 2.05) is 0 Å². The standard InChI is InChI=1S/C11H22O5S2/c1-2-3-4-5-6-8-16-18(14,15)11-7-9-17(12,13)10-11/h11H,2-10H2,1H3/t11-/m0/s1. The quantitative estimate of drug-likeness (QED) is 0.501. The first-order chi connectivity index (χ1) is 8.37. The Morgan fingerprint density at radius 2 is 1.83 bits per heavy atom. The number of unbranched alkanes of at least 4 members (excludes halogenated alkanes) is 4. The fourth-order valence-electron chi connectivity index (χ4n) is 1.97. The molecule has 0 N–H and O–H groups in total. The van der Waals surface area contributed by atoms with Gasteiger partial charge < -0.3 is 0 Å². The summed E-state index contributed by atoms with van der Waals surface area (Å²) in [7, 11) is -6.88. The highest BCUT2D eigenvalue weighted by Gasteiger charge is 2.37. The lowest BCUT2D eigenvalue weighted by atomic mass is 10.2. The second-order valence-electron chi connectivity index (χ2n) is 4.75. The van der Waals surface area contributed by atoms with Gasteiger partial charge in [0.2, 0.25) is 0 Å². The summed E-state index contributed by atoms with van der Waals surface area (Å²) >= 11 is 0. The highest BCUT2D eigenvalue weighted by atomic mass is 32.2. The normalized spacial score (nSPS) is 23.3. The minimum atomic E-state index is -3.70. The summed E-state index contributed by atoms with van der Waals surface area (Å²) in [4.78, 5) is 0. The molecule has 0 amide bonds. The Bertz CT molecular complexity index is 438. The number of hydrogen-bond acceptors (Lipinski definition) is 5. The molecule has 1 aliphatic heterocycles. The summed E-state index contributed by atoms with van der Waals surface area (Å²) < 4.78 is 50.8. The Morgan fingerprint density at radius 3 is 2.39 bits per heavy atom. The average molecular weight is 298 g/mol. The molecular weight excluding hydrogens is 276 g/mol. The lowest BCUT2D eigenvalue weighted by molar-refractivity contribution is 0.302.